The summed E-state index contributed by atoms with van der Waals surface area (Å²) in [6, 6.07) is 0. The van der Waals surface area contributed by atoms with Crippen LogP contribution < -0.4 is 0 Å². The zero-order valence-corrected chi connectivity index (χ0v) is 9.56. The molecule has 0 saturated heterocycles. The molecule has 8 heavy (non-hydrogen) atoms. The first-order valence-electron chi connectivity index (χ1n) is 1.83. The van der Waals surface area contributed by atoms with E-state index in [0.29, 0.717) is 0 Å². The van der Waals surface area contributed by atoms with E-state index in [1.54, 1.807) is 12.4 Å². The average molecular weight is 252 g/mol. The molecule has 0 unspecified atom stereocenters. The minimum absolute atomic E-state index is 1.07. The fourth-order valence-corrected chi connectivity index (χ4v) is 0.167. The first kappa shape index (κ1) is 8.64. The zero-order valence-electron chi connectivity index (χ0n) is 4.01. The van der Waals surface area contributed by atoms with Gasteiger partial charge in [-0.25, -0.2) is 0 Å². The SMILES string of the molecule is [Cl][Cd][Cl].c1cn[nH]n1. The van der Waals surface area contributed by atoms with Gasteiger partial charge in [-0.15, -0.1) is 0 Å². The molecule has 1 N–H and O–H groups in total. The molecule has 0 saturated carbocycles. The molecule has 1 aromatic rings. The Morgan fingerprint density at radius 2 is 1.62 bits per heavy atom. The second-order valence-corrected chi connectivity index (χ2v) is 6.76. The number of halogens is 2. The van der Waals surface area contributed by atoms with Crippen molar-refractivity contribution in [1.29, 1.82) is 0 Å². The number of hydrogen-bond donors (Lipinski definition) is 1. The molecule has 1 heterocycles. The van der Waals surface area contributed by atoms with E-state index in [1.165, 1.54) is 0 Å². The Hall–Kier alpha value is 0.642. The Kier molecular flexibility index (Phi) is 8.26. The van der Waals surface area contributed by atoms with E-state index < -0.39 is 21.8 Å². The van der Waals surface area contributed by atoms with Crippen molar-refractivity contribution in [2.45, 2.75) is 0 Å². The predicted molar refractivity (Wildman–Crippen MR) is 28.1 cm³/mol. The van der Waals surface area contributed by atoms with Crippen molar-refractivity contribution >= 4 is 16.6 Å². The molecule has 0 aliphatic carbocycles. The van der Waals surface area contributed by atoms with Crippen LogP contribution in [0.1, 0.15) is 0 Å². The Balaban J connectivity index is 0.000000145. The second-order valence-electron chi connectivity index (χ2n) is 0.757. The van der Waals surface area contributed by atoms with E-state index in [2.05, 4.69) is 15.4 Å². The van der Waals surface area contributed by atoms with Crippen LogP contribution in [0.2, 0.25) is 0 Å². The van der Waals surface area contributed by atoms with Crippen molar-refractivity contribution < 1.29 is 21.8 Å². The molecule has 0 aliphatic rings. The van der Waals surface area contributed by atoms with E-state index in [-0.39, 0.29) is 0 Å². The third-order valence-electron chi connectivity index (χ3n) is 0.331. The first-order valence-corrected chi connectivity index (χ1v) is 12.1. The van der Waals surface area contributed by atoms with Crippen molar-refractivity contribution in [2.75, 3.05) is 0 Å². The van der Waals surface area contributed by atoms with E-state index in [9.17, 15) is 0 Å². The summed E-state index contributed by atoms with van der Waals surface area (Å²) in [5, 5.41) is 9.33. The Bertz CT molecular complexity index is 82.2. The molecular formula is C2H3CdCl2N3. The van der Waals surface area contributed by atoms with Gasteiger partial charge in [-0.2, -0.15) is 15.4 Å². The number of hydrogen-bond acceptors (Lipinski definition) is 2. The fourth-order valence-electron chi connectivity index (χ4n) is 0.167. The van der Waals surface area contributed by atoms with Crippen LogP contribution in [-0.4, -0.2) is 15.4 Å². The van der Waals surface area contributed by atoms with Crippen molar-refractivity contribution in [3.8, 4) is 0 Å². The van der Waals surface area contributed by atoms with Gasteiger partial charge in [0.2, 0.25) is 0 Å². The molecule has 3 nitrogen and oxygen atoms in total. The van der Waals surface area contributed by atoms with Crippen LogP contribution in [0.3, 0.4) is 0 Å². The van der Waals surface area contributed by atoms with Crippen LogP contribution >= 0.6 is 16.6 Å². The van der Waals surface area contributed by atoms with Gasteiger partial charge in [0.15, 0.2) is 0 Å². The molecule has 42 valence electrons. The third-order valence-corrected chi connectivity index (χ3v) is 0.331. The Labute approximate surface area is 65.9 Å². The molecule has 0 aliphatic heterocycles. The Morgan fingerprint density at radius 1 is 1.25 bits per heavy atom. The van der Waals surface area contributed by atoms with Crippen LogP contribution in [0, 0.1) is 0 Å². The summed E-state index contributed by atoms with van der Waals surface area (Å²) in [4.78, 5) is 0. The molecule has 1 rings (SSSR count). The molecule has 0 aromatic carbocycles. The van der Waals surface area contributed by atoms with E-state index in [1.807, 2.05) is 0 Å². The van der Waals surface area contributed by atoms with Gasteiger partial charge in [0.1, 0.15) is 0 Å². The largest absolute Gasteiger partial charge is 0.198 e. The number of aromatic nitrogens is 3. The van der Waals surface area contributed by atoms with Crippen molar-refractivity contribution in [3.05, 3.63) is 12.4 Å². The van der Waals surface area contributed by atoms with Crippen LogP contribution in [0.25, 0.3) is 0 Å². The third kappa shape index (κ3) is 6.64. The standard InChI is InChI=1S/C2H3N3.Cd.2ClH/c1-2-4-5-3-1;;;/h1-2H,(H,3,4,5);;2*1H/q;+2;;/p-2. The summed E-state index contributed by atoms with van der Waals surface area (Å²) in [5.74, 6) is 0. The molecule has 0 bridgehead atoms. The zero-order chi connectivity index (χ0) is 6.24. The minimum atomic E-state index is -1.07. The molecule has 0 atom stereocenters. The summed E-state index contributed by atoms with van der Waals surface area (Å²) in [7, 11) is 9.95. The summed E-state index contributed by atoms with van der Waals surface area (Å²) in [6.07, 6.45) is 3.17. The predicted octanol–water partition coefficient (Wildman–Crippen LogP) is 1.18. The van der Waals surface area contributed by atoms with Gasteiger partial charge in [-0.05, 0) is 0 Å². The quantitative estimate of drug-likeness (QED) is 0.705. The van der Waals surface area contributed by atoms with Gasteiger partial charge >= 0.3 is 38.4 Å². The number of nitrogens with one attached hydrogen (secondary N) is 1. The monoisotopic (exact) mass is 253 g/mol. The number of nitrogens with zero attached hydrogens (tertiary/aromatic N) is 2. The summed E-state index contributed by atoms with van der Waals surface area (Å²) in [5.41, 5.74) is 0. The number of rotatable bonds is 0. The van der Waals surface area contributed by atoms with Crippen LogP contribution in [0.5, 0.6) is 0 Å². The maximum atomic E-state index is 4.97. The van der Waals surface area contributed by atoms with E-state index in [4.69, 9.17) is 16.6 Å². The maximum Gasteiger partial charge on any atom is 0.0690 e. The number of aromatic amines is 1. The van der Waals surface area contributed by atoms with Gasteiger partial charge in [0.05, 0.1) is 12.4 Å². The molecule has 0 radical (unpaired) electrons. The van der Waals surface area contributed by atoms with Crippen molar-refractivity contribution in [3.63, 3.8) is 0 Å². The normalized spacial score (nSPS) is 6.25. The van der Waals surface area contributed by atoms with Gasteiger partial charge in [-0.3, -0.25) is 0 Å². The minimum Gasteiger partial charge on any atom is -0.198 e. The van der Waals surface area contributed by atoms with E-state index >= 15 is 0 Å². The molecule has 0 amide bonds. The average Bonchev–Trinajstić information content (AvgIpc) is 2.17. The van der Waals surface area contributed by atoms with Gasteiger partial charge in [0.25, 0.3) is 0 Å². The number of H-pyrrole nitrogens is 1. The van der Waals surface area contributed by atoms with E-state index in [0.717, 1.165) is 0 Å². The first-order chi connectivity index (χ1) is 3.91. The van der Waals surface area contributed by atoms with Gasteiger partial charge < -0.3 is 0 Å². The summed E-state index contributed by atoms with van der Waals surface area (Å²) in [6.45, 7) is 0. The van der Waals surface area contributed by atoms with Crippen molar-refractivity contribution in [1.82, 2.24) is 15.4 Å². The smallest absolute Gasteiger partial charge is 0.0690 e. The van der Waals surface area contributed by atoms with Gasteiger partial charge in [-0.1, -0.05) is 0 Å². The maximum absolute atomic E-state index is 4.97. The molecule has 0 fully saturated rings. The Morgan fingerprint density at radius 3 is 1.75 bits per heavy atom. The molecule has 1 aromatic heterocycles. The summed E-state index contributed by atoms with van der Waals surface area (Å²) >= 11 is -1.07. The van der Waals surface area contributed by atoms with Crippen LogP contribution in [0.4, 0.5) is 0 Å². The molecule has 6 heteroatoms. The van der Waals surface area contributed by atoms with Crippen LogP contribution in [-0.2, 0) is 21.8 Å². The molecule has 0 spiro atoms. The van der Waals surface area contributed by atoms with Gasteiger partial charge in [0, 0.05) is 0 Å². The fraction of sp³-hybridized carbons (Fsp3) is 0. The summed E-state index contributed by atoms with van der Waals surface area (Å²) < 4.78 is 0. The topological polar surface area (TPSA) is 41.6 Å². The molecular weight excluding hydrogens is 249 g/mol. The van der Waals surface area contributed by atoms with Crippen molar-refractivity contribution in [2.24, 2.45) is 0 Å². The van der Waals surface area contributed by atoms with Crippen LogP contribution in [0.15, 0.2) is 12.4 Å². The second kappa shape index (κ2) is 7.64.